The molecule has 1 amide bonds. The Morgan fingerprint density at radius 3 is 2.65 bits per heavy atom. The number of amides is 1. The monoisotopic (exact) mass is 400 g/mol. The standard InChI is InChI=1S/C13H10Br2N2O3/c1-20-12-4-11(9(14)3-10(12)15)17-13(19)7-2-8(18)6-16-5-7/h2-6,18H,1H3,(H,17,19). The second-order valence-electron chi connectivity index (χ2n) is 3.85. The fraction of sp³-hybridized carbons (Fsp3) is 0.0769. The van der Waals surface area contributed by atoms with Crippen LogP contribution >= 0.6 is 31.9 Å². The first kappa shape index (κ1) is 14.8. The SMILES string of the molecule is COc1cc(NC(=O)c2cncc(O)c2)c(Br)cc1Br. The zero-order chi connectivity index (χ0) is 14.7. The average molecular weight is 402 g/mol. The van der Waals surface area contributed by atoms with E-state index < -0.39 is 0 Å². The molecule has 0 saturated heterocycles. The number of halogens is 2. The maximum absolute atomic E-state index is 12.1. The molecule has 2 aromatic rings. The molecule has 0 radical (unpaired) electrons. The lowest BCUT2D eigenvalue weighted by Gasteiger charge is -2.11. The molecule has 0 spiro atoms. The number of aromatic hydroxyl groups is 1. The zero-order valence-electron chi connectivity index (χ0n) is 10.4. The second-order valence-corrected chi connectivity index (χ2v) is 5.56. The minimum absolute atomic E-state index is 0.0647. The molecule has 0 aliphatic rings. The van der Waals surface area contributed by atoms with E-state index in [9.17, 15) is 9.90 Å². The molecule has 1 aromatic heterocycles. The Bertz CT molecular complexity index is 662. The number of ether oxygens (including phenoxy) is 1. The number of hydrogen-bond acceptors (Lipinski definition) is 4. The summed E-state index contributed by atoms with van der Waals surface area (Å²) in [7, 11) is 1.54. The molecule has 1 heterocycles. The molecule has 0 unspecified atom stereocenters. The molecule has 2 rings (SSSR count). The Balaban J connectivity index is 2.28. The molecule has 7 heteroatoms. The number of methoxy groups -OCH3 is 1. The molecule has 0 aliphatic carbocycles. The fourth-order valence-corrected chi connectivity index (χ4v) is 2.78. The number of nitrogens with zero attached hydrogens (tertiary/aromatic N) is 1. The maximum Gasteiger partial charge on any atom is 0.257 e. The molecule has 0 bridgehead atoms. The third-order valence-electron chi connectivity index (χ3n) is 2.48. The van der Waals surface area contributed by atoms with Gasteiger partial charge in [-0.1, -0.05) is 0 Å². The summed E-state index contributed by atoms with van der Waals surface area (Å²) < 4.78 is 6.64. The van der Waals surface area contributed by atoms with Gasteiger partial charge in [0.25, 0.3) is 5.91 Å². The average Bonchev–Trinajstić information content (AvgIpc) is 2.41. The summed E-state index contributed by atoms with van der Waals surface area (Å²) in [5.41, 5.74) is 0.817. The molecule has 2 N–H and O–H groups in total. The summed E-state index contributed by atoms with van der Waals surface area (Å²) in [5.74, 6) is 0.154. The van der Waals surface area contributed by atoms with Crippen LogP contribution in [0.1, 0.15) is 10.4 Å². The number of aromatic nitrogens is 1. The van der Waals surface area contributed by atoms with E-state index >= 15 is 0 Å². The first-order valence-electron chi connectivity index (χ1n) is 5.49. The molecule has 20 heavy (non-hydrogen) atoms. The predicted molar refractivity (Wildman–Crippen MR) is 82.2 cm³/mol. The van der Waals surface area contributed by atoms with Crippen molar-refractivity contribution in [3.8, 4) is 11.5 Å². The number of carbonyl (C=O) groups is 1. The van der Waals surface area contributed by atoms with Gasteiger partial charge < -0.3 is 15.2 Å². The lowest BCUT2D eigenvalue weighted by atomic mass is 10.2. The molecule has 5 nitrogen and oxygen atoms in total. The lowest BCUT2D eigenvalue weighted by molar-refractivity contribution is 0.102. The van der Waals surface area contributed by atoms with Crippen molar-refractivity contribution in [1.82, 2.24) is 4.98 Å². The summed E-state index contributed by atoms with van der Waals surface area (Å²) in [4.78, 5) is 15.8. The van der Waals surface area contributed by atoms with Gasteiger partial charge in [-0.15, -0.1) is 0 Å². The third-order valence-corrected chi connectivity index (χ3v) is 3.75. The van der Waals surface area contributed by atoms with E-state index in [1.165, 1.54) is 18.5 Å². The molecule has 0 saturated carbocycles. The Hall–Kier alpha value is -1.60. The van der Waals surface area contributed by atoms with E-state index in [-0.39, 0.29) is 17.2 Å². The predicted octanol–water partition coefficient (Wildman–Crippen LogP) is 3.57. The molecule has 0 atom stereocenters. The smallest absolute Gasteiger partial charge is 0.257 e. The van der Waals surface area contributed by atoms with Crippen LogP contribution in [0.3, 0.4) is 0 Å². The van der Waals surface area contributed by atoms with Gasteiger partial charge in [0.2, 0.25) is 0 Å². The van der Waals surface area contributed by atoms with Crippen LogP contribution in [0.2, 0.25) is 0 Å². The number of hydrogen-bond donors (Lipinski definition) is 2. The number of benzene rings is 1. The van der Waals surface area contributed by atoms with Crippen LogP contribution in [-0.4, -0.2) is 23.1 Å². The van der Waals surface area contributed by atoms with E-state index in [0.717, 1.165) is 4.47 Å². The zero-order valence-corrected chi connectivity index (χ0v) is 13.5. The van der Waals surface area contributed by atoms with Crippen LogP contribution in [0, 0.1) is 0 Å². The van der Waals surface area contributed by atoms with Crippen LogP contribution < -0.4 is 10.1 Å². The van der Waals surface area contributed by atoms with Crippen molar-refractivity contribution in [2.24, 2.45) is 0 Å². The highest BCUT2D eigenvalue weighted by atomic mass is 79.9. The van der Waals surface area contributed by atoms with Crippen LogP contribution in [0.25, 0.3) is 0 Å². The Kier molecular flexibility index (Phi) is 4.61. The van der Waals surface area contributed by atoms with Gasteiger partial charge in [0.15, 0.2) is 0 Å². The van der Waals surface area contributed by atoms with Crippen LogP contribution in [0.5, 0.6) is 11.5 Å². The van der Waals surface area contributed by atoms with Gasteiger partial charge in [-0.2, -0.15) is 0 Å². The lowest BCUT2D eigenvalue weighted by Crippen LogP contribution is -2.12. The first-order valence-corrected chi connectivity index (χ1v) is 7.08. The van der Waals surface area contributed by atoms with Gasteiger partial charge in [-0.3, -0.25) is 9.78 Å². The van der Waals surface area contributed by atoms with Crippen LogP contribution in [-0.2, 0) is 0 Å². The van der Waals surface area contributed by atoms with Crippen molar-refractivity contribution in [3.05, 3.63) is 45.1 Å². The summed E-state index contributed by atoms with van der Waals surface area (Å²) >= 11 is 6.71. The summed E-state index contributed by atoms with van der Waals surface area (Å²) in [5, 5.41) is 12.0. The highest BCUT2D eigenvalue weighted by Crippen LogP contribution is 2.34. The van der Waals surface area contributed by atoms with E-state index in [0.29, 0.717) is 15.9 Å². The highest BCUT2D eigenvalue weighted by Gasteiger charge is 2.12. The van der Waals surface area contributed by atoms with E-state index in [1.807, 2.05) is 0 Å². The minimum atomic E-state index is -0.376. The van der Waals surface area contributed by atoms with E-state index in [1.54, 1.807) is 19.2 Å². The number of rotatable bonds is 3. The topological polar surface area (TPSA) is 71.5 Å². The number of nitrogens with one attached hydrogen (secondary N) is 1. The normalized spacial score (nSPS) is 10.2. The molecule has 0 fully saturated rings. The molecule has 0 aliphatic heterocycles. The van der Waals surface area contributed by atoms with Crippen molar-refractivity contribution in [2.45, 2.75) is 0 Å². The third kappa shape index (κ3) is 3.29. The molecule has 104 valence electrons. The van der Waals surface area contributed by atoms with Gasteiger partial charge >= 0.3 is 0 Å². The number of pyridine rings is 1. The van der Waals surface area contributed by atoms with Crippen LogP contribution in [0.15, 0.2) is 39.5 Å². The van der Waals surface area contributed by atoms with Gasteiger partial charge in [0.05, 0.1) is 29.0 Å². The Labute approximate surface area is 132 Å². The van der Waals surface area contributed by atoms with Crippen molar-refractivity contribution in [2.75, 3.05) is 12.4 Å². The van der Waals surface area contributed by atoms with Crippen molar-refractivity contribution in [3.63, 3.8) is 0 Å². The quantitative estimate of drug-likeness (QED) is 0.824. The Morgan fingerprint density at radius 1 is 1.25 bits per heavy atom. The second kappa shape index (κ2) is 6.23. The van der Waals surface area contributed by atoms with Crippen molar-refractivity contribution < 1.29 is 14.6 Å². The molecular formula is C13H10Br2N2O3. The largest absolute Gasteiger partial charge is 0.506 e. The molecule has 1 aromatic carbocycles. The number of carbonyl (C=O) groups excluding carboxylic acids is 1. The Morgan fingerprint density at radius 2 is 2.00 bits per heavy atom. The van der Waals surface area contributed by atoms with Crippen molar-refractivity contribution >= 4 is 43.5 Å². The van der Waals surface area contributed by atoms with Gasteiger partial charge in [-0.25, -0.2) is 0 Å². The van der Waals surface area contributed by atoms with E-state index in [4.69, 9.17) is 4.74 Å². The first-order chi connectivity index (χ1) is 9.51. The molecular weight excluding hydrogens is 392 g/mol. The van der Waals surface area contributed by atoms with Gasteiger partial charge in [-0.05, 0) is 44.0 Å². The van der Waals surface area contributed by atoms with Crippen molar-refractivity contribution in [1.29, 1.82) is 0 Å². The summed E-state index contributed by atoms with van der Waals surface area (Å²) in [6.07, 6.45) is 2.63. The van der Waals surface area contributed by atoms with E-state index in [2.05, 4.69) is 42.2 Å². The maximum atomic E-state index is 12.1. The minimum Gasteiger partial charge on any atom is -0.506 e. The summed E-state index contributed by atoms with van der Waals surface area (Å²) in [6.45, 7) is 0. The summed E-state index contributed by atoms with van der Waals surface area (Å²) in [6, 6.07) is 4.80. The fourth-order valence-electron chi connectivity index (χ4n) is 1.53. The van der Waals surface area contributed by atoms with Crippen LogP contribution in [0.4, 0.5) is 5.69 Å². The van der Waals surface area contributed by atoms with Gasteiger partial charge in [0.1, 0.15) is 11.5 Å². The van der Waals surface area contributed by atoms with Gasteiger partial charge in [0, 0.05) is 16.7 Å². The highest BCUT2D eigenvalue weighted by molar-refractivity contribution is 9.11. The number of anilines is 1.